The first-order valence-electron chi connectivity index (χ1n) is 5.89. The van der Waals surface area contributed by atoms with E-state index in [0.717, 1.165) is 5.56 Å². The number of amides is 1. The number of halogens is 1. The number of hydrogen-bond acceptors (Lipinski definition) is 5. The summed E-state index contributed by atoms with van der Waals surface area (Å²) in [6.45, 7) is 1.84. The molecular formula is C12H13ClN2O4. The Hall–Kier alpha value is -1.50. The van der Waals surface area contributed by atoms with Crippen LogP contribution >= 0.6 is 11.6 Å². The standard InChI is InChI=1S/C12H13ClN2O4/c1-2-19-12(17)10-8(11(16)15(10)18)5-7-3-4-9(13)14-6-7/h3-4,6,8,10,15H,2,5H2,1H3/t8-,10+/m1/s1. The van der Waals surface area contributed by atoms with E-state index in [4.69, 9.17) is 16.3 Å². The fourth-order valence-electron chi connectivity index (χ4n) is 2.07. The molecule has 3 atom stereocenters. The molecule has 1 aromatic heterocycles. The van der Waals surface area contributed by atoms with Gasteiger partial charge in [-0.1, -0.05) is 17.7 Å². The van der Waals surface area contributed by atoms with Crippen LogP contribution in [0.15, 0.2) is 18.3 Å². The largest absolute Gasteiger partial charge is 0.626 e. The summed E-state index contributed by atoms with van der Waals surface area (Å²) in [6, 6.07) is 2.35. The lowest BCUT2D eigenvalue weighted by Gasteiger charge is -2.41. The molecule has 2 heterocycles. The Morgan fingerprint density at radius 3 is 2.89 bits per heavy atom. The Kier molecular flexibility index (Phi) is 4.14. The predicted molar refractivity (Wildman–Crippen MR) is 66.2 cm³/mol. The van der Waals surface area contributed by atoms with Gasteiger partial charge in [-0.2, -0.15) is 0 Å². The second kappa shape index (κ2) is 5.64. The second-order valence-electron chi connectivity index (χ2n) is 4.26. The molecular weight excluding hydrogens is 272 g/mol. The molecule has 19 heavy (non-hydrogen) atoms. The number of hydrogen-bond donors (Lipinski definition) is 1. The highest BCUT2D eigenvalue weighted by molar-refractivity contribution is 6.29. The molecule has 1 fully saturated rings. The van der Waals surface area contributed by atoms with Crippen LogP contribution in [0.5, 0.6) is 0 Å². The number of rotatable bonds is 4. The second-order valence-corrected chi connectivity index (χ2v) is 4.65. The molecule has 0 radical (unpaired) electrons. The normalized spacial score (nSPS) is 25.8. The van der Waals surface area contributed by atoms with Gasteiger partial charge in [-0.3, -0.25) is 5.06 Å². The third kappa shape index (κ3) is 2.75. The molecule has 102 valence electrons. The van der Waals surface area contributed by atoms with Gasteiger partial charge in [-0.15, -0.1) is 0 Å². The SMILES string of the molecule is CCOC(=O)[C@@H]1[C@@H](Cc2ccc(Cl)nc2)C(=O)[NH+]1[O-]. The number of carbonyl (C=O) groups excluding carboxylic acids is 2. The Bertz CT molecular complexity index is 491. The highest BCUT2D eigenvalue weighted by Gasteiger charge is 2.54. The zero-order chi connectivity index (χ0) is 14.0. The summed E-state index contributed by atoms with van der Waals surface area (Å²) in [7, 11) is 0. The monoisotopic (exact) mass is 284 g/mol. The van der Waals surface area contributed by atoms with Crippen molar-refractivity contribution in [1.29, 1.82) is 0 Å². The van der Waals surface area contributed by atoms with Gasteiger partial charge in [0, 0.05) is 6.20 Å². The predicted octanol–water partition coefficient (Wildman–Crippen LogP) is -0.252. The molecule has 1 aliphatic heterocycles. The van der Waals surface area contributed by atoms with Crippen LogP contribution in [-0.2, 0) is 20.7 Å². The van der Waals surface area contributed by atoms with Gasteiger partial charge < -0.3 is 9.94 Å². The minimum absolute atomic E-state index is 0.187. The number of ether oxygens (including phenoxy) is 1. The molecule has 2 rings (SSSR count). The molecule has 1 saturated heterocycles. The third-order valence-electron chi connectivity index (χ3n) is 3.05. The Balaban J connectivity index is 2.07. The number of nitrogens with one attached hydrogen (secondary N) is 1. The number of carbonyl (C=O) groups is 2. The number of hydroxylamine groups is 2. The van der Waals surface area contributed by atoms with Crippen LogP contribution in [0.3, 0.4) is 0 Å². The average molecular weight is 285 g/mol. The lowest BCUT2D eigenvalue weighted by Crippen LogP contribution is -3.24. The van der Waals surface area contributed by atoms with Crippen LogP contribution in [0.1, 0.15) is 12.5 Å². The smallest absolute Gasteiger partial charge is 0.366 e. The van der Waals surface area contributed by atoms with Crippen molar-refractivity contribution in [2.45, 2.75) is 19.4 Å². The number of β-lactam (4-membered cyclic amide) rings is 1. The van der Waals surface area contributed by atoms with E-state index in [1.54, 1.807) is 19.1 Å². The number of esters is 1. The van der Waals surface area contributed by atoms with Gasteiger partial charge in [0.1, 0.15) is 11.1 Å². The van der Waals surface area contributed by atoms with Crippen LogP contribution in [0.4, 0.5) is 0 Å². The molecule has 0 aromatic carbocycles. The van der Waals surface area contributed by atoms with Gasteiger partial charge in [-0.05, 0) is 25.0 Å². The zero-order valence-corrected chi connectivity index (χ0v) is 11.0. The molecule has 1 amide bonds. The molecule has 1 N–H and O–H groups in total. The Morgan fingerprint density at radius 1 is 1.58 bits per heavy atom. The highest BCUT2D eigenvalue weighted by atomic mass is 35.5. The summed E-state index contributed by atoms with van der Waals surface area (Å²) in [5.74, 6) is -1.79. The van der Waals surface area contributed by atoms with E-state index in [9.17, 15) is 14.8 Å². The minimum atomic E-state index is -0.969. The minimum Gasteiger partial charge on any atom is -0.626 e. The van der Waals surface area contributed by atoms with Crippen LogP contribution < -0.4 is 5.06 Å². The van der Waals surface area contributed by atoms with Crippen LogP contribution in [0, 0.1) is 11.1 Å². The van der Waals surface area contributed by atoms with Crippen molar-refractivity contribution in [3.63, 3.8) is 0 Å². The Morgan fingerprint density at radius 2 is 2.32 bits per heavy atom. The first-order chi connectivity index (χ1) is 9.04. The molecule has 1 aliphatic rings. The first kappa shape index (κ1) is 13.9. The quantitative estimate of drug-likeness (QED) is 0.357. The number of aromatic nitrogens is 1. The molecule has 0 bridgehead atoms. The van der Waals surface area contributed by atoms with E-state index >= 15 is 0 Å². The van der Waals surface area contributed by atoms with E-state index < -0.39 is 28.9 Å². The van der Waals surface area contributed by atoms with Gasteiger partial charge in [0.05, 0.1) is 6.61 Å². The summed E-state index contributed by atoms with van der Waals surface area (Å²) < 4.78 is 4.80. The fraction of sp³-hybridized carbons (Fsp3) is 0.417. The molecule has 6 nitrogen and oxygen atoms in total. The van der Waals surface area contributed by atoms with Crippen molar-refractivity contribution in [3.8, 4) is 0 Å². The molecule has 1 aromatic rings. The van der Waals surface area contributed by atoms with E-state index in [-0.39, 0.29) is 13.0 Å². The van der Waals surface area contributed by atoms with Gasteiger partial charge in [-0.25, -0.2) is 14.6 Å². The van der Waals surface area contributed by atoms with E-state index in [2.05, 4.69) is 4.98 Å². The maximum Gasteiger partial charge on any atom is 0.366 e. The Labute approximate surface area is 114 Å². The number of quaternary nitrogens is 1. The van der Waals surface area contributed by atoms with Crippen LogP contribution in [0.2, 0.25) is 5.15 Å². The lowest BCUT2D eigenvalue weighted by molar-refractivity contribution is -0.827. The van der Waals surface area contributed by atoms with Crippen molar-refractivity contribution in [2.75, 3.05) is 6.61 Å². The van der Waals surface area contributed by atoms with Crippen LogP contribution in [0.25, 0.3) is 0 Å². The fourth-order valence-corrected chi connectivity index (χ4v) is 2.18. The third-order valence-corrected chi connectivity index (χ3v) is 3.27. The van der Waals surface area contributed by atoms with Crippen molar-refractivity contribution >= 4 is 23.5 Å². The number of pyridine rings is 1. The highest BCUT2D eigenvalue weighted by Crippen LogP contribution is 2.18. The summed E-state index contributed by atoms with van der Waals surface area (Å²) in [4.78, 5) is 27.0. The molecule has 7 heteroatoms. The van der Waals surface area contributed by atoms with Gasteiger partial charge in [0.2, 0.25) is 6.04 Å². The van der Waals surface area contributed by atoms with E-state index in [1.165, 1.54) is 6.20 Å². The van der Waals surface area contributed by atoms with Gasteiger partial charge in [0.25, 0.3) is 0 Å². The van der Waals surface area contributed by atoms with Crippen molar-refractivity contribution < 1.29 is 19.4 Å². The van der Waals surface area contributed by atoms with Crippen molar-refractivity contribution in [1.82, 2.24) is 4.98 Å². The summed E-state index contributed by atoms with van der Waals surface area (Å²) >= 11 is 5.66. The summed E-state index contributed by atoms with van der Waals surface area (Å²) in [5.41, 5.74) is 0.754. The van der Waals surface area contributed by atoms with Gasteiger partial charge >= 0.3 is 11.9 Å². The average Bonchev–Trinajstić information content (AvgIpc) is 2.40. The zero-order valence-electron chi connectivity index (χ0n) is 10.3. The van der Waals surface area contributed by atoms with E-state index in [0.29, 0.717) is 5.15 Å². The molecule has 0 spiro atoms. The maximum absolute atomic E-state index is 11.6. The van der Waals surface area contributed by atoms with Crippen molar-refractivity contribution in [3.05, 3.63) is 34.3 Å². The lowest BCUT2D eigenvalue weighted by atomic mass is 9.84. The maximum atomic E-state index is 11.6. The first-order valence-corrected chi connectivity index (χ1v) is 6.27. The van der Waals surface area contributed by atoms with E-state index in [1.807, 2.05) is 0 Å². The molecule has 0 saturated carbocycles. The molecule has 0 aliphatic carbocycles. The molecule has 1 unspecified atom stereocenters. The summed E-state index contributed by atoms with van der Waals surface area (Å²) in [5, 5.41) is 11.1. The topological polar surface area (TPSA) is 83.8 Å². The summed E-state index contributed by atoms with van der Waals surface area (Å²) in [6.07, 6.45) is 1.82. The van der Waals surface area contributed by atoms with Gasteiger partial charge in [0.15, 0.2) is 0 Å². The number of nitrogens with zero attached hydrogens (tertiary/aromatic N) is 1. The van der Waals surface area contributed by atoms with Crippen LogP contribution in [-0.4, -0.2) is 29.5 Å². The van der Waals surface area contributed by atoms with Crippen molar-refractivity contribution in [2.24, 2.45) is 5.92 Å².